The van der Waals surface area contributed by atoms with Crippen molar-refractivity contribution in [2.75, 3.05) is 19.6 Å². The number of carbonyl (C=O) groups excluding carboxylic acids is 1. The smallest absolute Gasteiger partial charge is 0.227 e. The highest BCUT2D eigenvalue weighted by Gasteiger charge is 2.24. The maximum Gasteiger partial charge on any atom is 0.227 e. The molecule has 2 aromatic heterocycles. The molecule has 152 valence electrons. The SMILES string of the molecule is Cc1ccc(C(CNC(=O)CCc2nc(-c3ccsc3)no2)N2CCCC2)cc1. The van der Waals surface area contributed by atoms with E-state index >= 15 is 0 Å². The molecular weight excluding hydrogens is 384 g/mol. The molecule has 1 atom stereocenters. The highest BCUT2D eigenvalue weighted by Crippen LogP contribution is 2.25. The lowest BCUT2D eigenvalue weighted by molar-refractivity contribution is -0.121. The molecule has 4 rings (SSSR count). The van der Waals surface area contributed by atoms with Gasteiger partial charge < -0.3 is 9.84 Å². The third-order valence-corrected chi connectivity index (χ3v) is 6.03. The van der Waals surface area contributed by atoms with Crippen LogP contribution >= 0.6 is 11.3 Å². The fraction of sp³-hybridized carbons (Fsp3) is 0.409. The highest BCUT2D eigenvalue weighted by molar-refractivity contribution is 7.08. The van der Waals surface area contributed by atoms with Crippen molar-refractivity contribution >= 4 is 17.2 Å². The van der Waals surface area contributed by atoms with Gasteiger partial charge in [0.15, 0.2) is 0 Å². The molecular formula is C22H26N4O2S. The minimum atomic E-state index is 0.0107. The molecule has 0 spiro atoms. The van der Waals surface area contributed by atoms with Crippen LogP contribution in [0.2, 0.25) is 0 Å². The first-order valence-corrected chi connectivity index (χ1v) is 11.1. The van der Waals surface area contributed by atoms with Gasteiger partial charge in [-0.05, 0) is 49.9 Å². The van der Waals surface area contributed by atoms with Crippen LogP contribution in [0.15, 0.2) is 45.6 Å². The molecule has 0 saturated carbocycles. The highest BCUT2D eigenvalue weighted by atomic mass is 32.1. The molecule has 1 aliphatic rings. The quantitative estimate of drug-likeness (QED) is 0.608. The Morgan fingerprint density at radius 3 is 2.76 bits per heavy atom. The average Bonchev–Trinajstić information content (AvgIpc) is 3.49. The molecule has 0 aliphatic carbocycles. The van der Waals surface area contributed by atoms with Crippen LogP contribution in [-0.4, -0.2) is 40.6 Å². The summed E-state index contributed by atoms with van der Waals surface area (Å²) in [5, 5.41) is 11.1. The fourth-order valence-electron chi connectivity index (χ4n) is 3.68. The molecule has 3 aromatic rings. The average molecular weight is 411 g/mol. The van der Waals surface area contributed by atoms with Gasteiger partial charge in [-0.3, -0.25) is 9.69 Å². The Balaban J connectivity index is 1.31. The van der Waals surface area contributed by atoms with Gasteiger partial charge in [-0.25, -0.2) is 0 Å². The summed E-state index contributed by atoms with van der Waals surface area (Å²) in [5.41, 5.74) is 3.45. The van der Waals surface area contributed by atoms with E-state index in [0.717, 1.165) is 18.7 Å². The lowest BCUT2D eigenvalue weighted by Crippen LogP contribution is -2.36. The van der Waals surface area contributed by atoms with Crippen LogP contribution in [0.5, 0.6) is 0 Å². The number of carbonyl (C=O) groups is 1. The maximum atomic E-state index is 12.4. The Kier molecular flexibility index (Phi) is 6.36. The number of hydrogen-bond acceptors (Lipinski definition) is 6. The zero-order valence-electron chi connectivity index (χ0n) is 16.6. The maximum absolute atomic E-state index is 12.4. The van der Waals surface area contributed by atoms with E-state index in [9.17, 15) is 4.79 Å². The lowest BCUT2D eigenvalue weighted by atomic mass is 10.0. The number of likely N-dealkylation sites (tertiary alicyclic amines) is 1. The second-order valence-corrected chi connectivity index (χ2v) is 8.28. The van der Waals surface area contributed by atoms with Gasteiger partial charge in [-0.1, -0.05) is 35.0 Å². The summed E-state index contributed by atoms with van der Waals surface area (Å²) in [4.78, 5) is 19.3. The number of aryl methyl sites for hydroxylation is 2. The monoisotopic (exact) mass is 410 g/mol. The van der Waals surface area contributed by atoms with Crippen LogP contribution in [0.1, 0.15) is 42.3 Å². The Hall–Kier alpha value is -2.51. The van der Waals surface area contributed by atoms with Gasteiger partial charge in [0.1, 0.15) is 0 Å². The largest absolute Gasteiger partial charge is 0.354 e. The summed E-state index contributed by atoms with van der Waals surface area (Å²) in [6, 6.07) is 10.8. The Morgan fingerprint density at radius 2 is 2.03 bits per heavy atom. The Bertz CT molecular complexity index is 915. The topological polar surface area (TPSA) is 71.3 Å². The van der Waals surface area contributed by atoms with Crippen molar-refractivity contribution in [1.82, 2.24) is 20.4 Å². The summed E-state index contributed by atoms with van der Waals surface area (Å²) in [7, 11) is 0. The summed E-state index contributed by atoms with van der Waals surface area (Å²) in [6.07, 6.45) is 3.23. The van der Waals surface area contributed by atoms with E-state index in [1.54, 1.807) is 11.3 Å². The number of benzene rings is 1. The summed E-state index contributed by atoms with van der Waals surface area (Å²) < 4.78 is 5.28. The number of amides is 1. The van der Waals surface area contributed by atoms with E-state index in [4.69, 9.17) is 4.52 Å². The molecule has 1 aromatic carbocycles. The molecule has 0 radical (unpaired) electrons. The predicted molar refractivity (Wildman–Crippen MR) is 114 cm³/mol. The van der Waals surface area contributed by atoms with E-state index in [2.05, 4.69) is 51.5 Å². The van der Waals surface area contributed by atoms with Crippen molar-refractivity contribution < 1.29 is 9.32 Å². The molecule has 6 nitrogen and oxygen atoms in total. The molecule has 0 bridgehead atoms. The molecule has 1 fully saturated rings. The van der Waals surface area contributed by atoms with Gasteiger partial charge in [-0.2, -0.15) is 16.3 Å². The second-order valence-electron chi connectivity index (χ2n) is 7.50. The van der Waals surface area contributed by atoms with Crippen LogP contribution < -0.4 is 5.32 Å². The third kappa shape index (κ3) is 5.10. The van der Waals surface area contributed by atoms with Gasteiger partial charge in [0.2, 0.25) is 17.6 Å². The van der Waals surface area contributed by atoms with Gasteiger partial charge >= 0.3 is 0 Å². The predicted octanol–water partition coefficient (Wildman–Crippen LogP) is 3.99. The zero-order chi connectivity index (χ0) is 20.1. The number of thiophene rings is 1. The molecule has 29 heavy (non-hydrogen) atoms. The molecule has 3 heterocycles. The minimum absolute atomic E-state index is 0.0107. The van der Waals surface area contributed by atoms with Gasteiger partial charge in [-0.15, -0.1) is 0 Å². The number of hydrogen-bond donors (Lipinski definition) is 1. The van der Waals surface area contributed by atoms with Crippen molar-refractivity contribution in [3.8, 4) is 11.4 Å². The standard InChI is InChI=1S/C22H26N4O2S/c1-16-4-6-17(7-5-16)19(26-11-2-3-12-26)14-23-20(27)8-9-21-24-22(25-28-21)18-10-13-29-15-18/h4-7,10,13,15,19H,2-3,8-9,11-12,14H2,1H3,(H,23,27). The lowest BCUT2D eigenvalue weighted by Gasteiger charge is -2.28. The first kappa shape index (κ1) is 19.8. The van der Waals surface area contributed by atoms with Crippen molar-refractivity contribution in [1.29, 1.82) is 0 Å². The molecule has 1 unspecified atom stereocenters. The Morgan fingerprint density at radius 1 is 1.24 bits per heavy atom. The first-order valence-electron chi connectivity index (χ1n) is 10.1. The summed E-state index contributed by atoms with van der Waals surface area (Å²) in [5.74, 6) is 1.09. The van der Waals surface area contributed by atoms with E-state index in [1.807, 2.05) is 16.8 Å². The molecule has 1 aliphatic heterocycles. The Labute approximate surface area is 174 Å². The normalized spacial score (nSPS) is 15.5. The fourth-order valence-corrected chi connectivity index (χ4v) is 4.32. The molecule has 7 heteroatoms. The van der Waals surface area contributed by atoms with E-state index < -0.39 is 0 Å². The summed E-state index contributed by atoms with van der Waals surface area (Å²) >= 11 is 1.59. The summed E-state index contributed by atoms with van der Waals surface area (Å²) in [6.45, 7) is 4.88. The van der Waals surface area contributed by atoms with Gasteiger partial charge in [0.05, 0.1) is 6.04 Å². The van der Waals surface area contributed by atoms with Crippen molar-refractivity contribution in [2.24, 2.45) is 0 Å². The van der Waals surface area contributed by atoms with Crippen molar-refractivity contribution in [3.05, 3.63) is 58.1 Å². The minimum Gasteiger partial charge on any atom is -0.354 e. The van der Waals surface area contributed by atoms with Crippen molar-refractivity contribution in [2.45, 2.75) is 38.6 Å². The molecule has 1 amide bonds. The number of nitrogens with zero attached hydrogens (tertiary/aromatic N) is 3. The molecule has 1 N–H and O–H groups in total. The first-order chi connectivity index (χ1) is 14.2. The van der Waals surface area contributed by atoms with Crippen LogP contribution in [0, 0.1) is 6.92 Å². The third-order valence-electron chi connectivity index (χ3n) is 5.35. The van der Waals surface area contributed by atoms with Crippen LogP contribution in [0.3, 0.4) is 0 Å². The number of nitrogens with one attached hydrogen (secondary N) is 1. The zero-order valence-corrected chi connectivity index (χ0v) is 17.5. The number of aromatic nitrogens is 2. The number of rotatable bonds is 8. The van der Waals surface area contributed by atoms with E-state index in [0.29, 0.717) is 31.1 Å². The van der Waals surface area contributed by atoms with Crippen LogP contribution in [-0.2, 0) is 11.2 Å². The van der Waals surface area contributed by atoms with Crippen LogP contribution in [0.4, 0.5) is 0 Å². The molecule has 1 saturated heterocycles. The van der Waals surface area contributed by atoms with Gasteiger partial charge in [0, 0.05) is 30.3 Å². The van der Waals surface area contributed by atoms with E-state index in [-0.39, 0.29) is 11.9 Å². The van der Waals surface area contributed by atoms with Gasteiger partial charge in [0.25, 0.3) is 0 Å². The van der Waals surface area contributed by atoms with E-state index in [1.165, 1.54) is 24.0 Å². The van der Waals surface area contributed by atoms with Crippen LogP contribution in [0.25, 0.3) is 11.4 Å². The van der Waals surface area contributed by atoms with Crippen molar-refractivity contribution in [3.63, 3.8) is 0 Å². The second kappa shape index (κ2) is 9.33.